The fourth-order valence-electron chi connectivity index (χ4n) is 3.58. The molecule has 1 unspecified atom stereocenters. The fraction of sp³-hybridized carbons (Fsp3) is 0.167. The summed E-state index contributed by atoms with van der Waals surface area (Å²) in [5.74, 6) is -0.605. The Morgan fingerprint density at radius 1 is 0.964 bits per heavy atom. The molecule has 0 saturated heterocycles. The second kappa shape index (κ2) is 7.31. The average Bonchev–Trinajstić information content (AvgIpc) is 3.09. The molecule has 0 spiro atoms. The minimum absolute atomic E-state index is 0.00143. The number of carbonyl (C=O) groups excluding carboxylic acids is 2. The zero-order chi connectivity index (χ0) is 19.7. The quantitative estimate of drug-likeness (QED) is 0.620. The number of rotatable bonds is 4. The molecule has 1 amide bonds. The number of hydrogen-bond donors (Lipinski definition) is 0. The Kier molecular flexibility index (Phi) is 4.70. The van der Waals surface area contributed by atoms with E-state index in [9.17, 15) is 9.59 Å². The van der Waals surface area contributed by atoms with Gasteiger partial charge in [-0.3, -0.25) is 9.59 Å². The van der Waals surface area contributed by atoms with Crippen LogP contribution >= 0.6 is 0 Å². The molecular formula is C24H21NO3. The Hall–Kier alpha value is -3.40. The number of nitrogens with zero attached hydrogens (tertiary/aromatic N) is 1. The van der Waals surface area contributed by atoms with Gasteiger partial charge in [0.2, 0.25) is 0 Å². The molecule has 1 aliphatic rings. The minimum Gasteiger partial charge on any atom is -0.469 e. The largest absolute Gasteiger partial charge is 0.469 e. The van der Waals surface area contributed by atoms with Crippen LogP contribution in [0.3, 0.4) is 0 Å². The van der Waals surface area contributed by atoms with Gasteiger partial charge in [0, 0.05) is 11.3 Å². The van der Waals surface area contributed by atoms with Crippen molar-refractivity contribution in [2.24, 2.45) is 0 Å². The fourth-order valence-corrected chi connectivity index (χ4v) is 3.58. The van der Waals surface area contributed by atoms with Gasteiger partial charge in [-0.15, -0.1) is 0 Å². The van der Waals surface area contributed by atoms with Gasteiger partial charge in [0.25, 0.3) is 5.91 Å². The summed E-state index contributed by atoms with van der Waals surface area (Å²) in [7, 11) is 1.39. The molecule has 28 heavy (non-hydrogen) atoms. The summed E-state index contributed by atoms with van der Waals surface area (Å²) < 4.78 is 4.80. The van der Waals surface area contributed by atoms with Crippen molar-refractivity contribution in [3.63, 3.8) is 0 Å². The van der Waals surface area contributed by atoms with E-state index in [1.165, 1.54) is 7.11 Å². The highest BCUT2D eigenvalue weighted by molar-refractivity contribution is 6.10. The van der Waals surface area contributed by atoms with E-state index in [4.69, 9.17) is 4.74 Å². The first-order valence-electron chi connectivity index (χ1n) is 9.26. The summed E-state index contributed by atoms with van der Waals surface area (Å²) in [5.41, 5.74) is 5.59. The predicted molar refractivity (Wildman–Crippen MR) is 109 cm³/mol. The van der Waals surface area contributed by atoms with E-state index in [0.717, 1.165) is 33.5 Å². The third-order valence-corrected chi connectivity index (χ3v) is 5.28. The topological polar surface area (TPSA) is 46.6 Å². The summed E-state index contributed by atoms with van der Waals surface area (Å²) in [5, 5.41) is 0. The van der Waals surface area contributed by atoms with E-state index >= 15 is 0 Å². The van der Waals surface area contributed by atoms with Crippen molar-refractivity contribution in [1.82, 2.24) is 0 Å². The first-order valence-corrected chi connectivity index (χ1v) is 9.26. The number of fused-ring (bicyclic) bond motifs is 1. The third kappa shape index (κ3) is 3.18. The molecule has 0 aliphatic carbocycles. The highest BCUT2D eigenvalue weighted by Gasteiger charge is 2.29. The smallest absolute Gasteiger partial charge is 0.312 e. The zero-order valence-corrected chi connectivity index (χ0v) is 15.9. The molecule has 4 rings (SSSR count). The molecule has 4 heteroatoms. The van der Waals surface area contributed by atoms with E-state index in [1.54, 1.807) is 4.90 Å². The number of ether oxygens (including phenoxy) is 1. The van der Waals surface area contributed by atoms with Crippen LogP contribution in [0.25, 0.3) is 11.1 Å². The van der Waals surface area contributed by atoms with E-state index in [2.05, 4.69) is 6.07 Å². The second-order valence-corrected chi connectivity index (χ2v) is 6.97. The lowest BCUT2D eigenvalue weighted by molar-refractivity contribution is -0.141. The first-order chi connectivity index (χ1) is 13.6. The lowest BCUT2D eigenvalue weighted by atomic mass is 10.0. The van der Waals surface area contributed by atoms with Crippen LogP contribution in [0, 0.1) is 0 Å². The lowest BCUT2D eigenvalue weighted by Crippen LogP contribution is -2.23. The van der Waals surface area contributed by atoms with Crippen LogP contribution in [-0.4, -0.2) is 19.0 Å². The average molecular weight is 371 g/mol. The van der Waals surface area contributed by atoms with Crippen LogP contribution in [0.1, 0.15) is 34.3 Å². The molecule has 0 saturated carbocycles. The van der Waals surface area contributed by atoms with Gasteiger partial charge in [-0.05, 0) is 47.4 Å². The maximum Gasteiger partial charge on any atom is 0.312 e. The van der Waals surface area contributed by atoms with Crippen molar-refractivity contribution >= 4 is 17.6 Å². The molecule has 3 aromatic carbocycles. The maximum absolute atomic E-state index is 13.0. The minimum atomic E-state index is -0.334. The third-order valence-electron chi connectivity index (χ3n) is 5.28. The van der Waals surface area contributed by atoms with E-state index in [-0.39, 0.29) is 17.8 Å². The normalized spacial score (nSPS) is 13.9. The van der Waals surface area contributed by atoms with Gasteiger partial charge in [-0.2, -0.15) is 0 Å². The van der Waals surface area contributed by atoms with Crippen molar-refractivity contribution in [3.8, 4) is 11.1 Å². The lowest BCUT2D eigenvalue weighted by Gasteiger charge is -2.17. The number of methoxy groups -OCH3 is 1. The Morgan fingerprint density at radius 2 is 1.68 bits per heavy atom. The van der Waals surface area contributed by atoms with Crippen molar-refractivity contribution in [1.29, 1.82) is 0 Å². The number of benzene rings is 3. The summed E-state index contributed by atoms with van der Waals surface area (Å²) in [6, 6.07) is 23.6. The zero-order valence-electron chi connectivity index (χ0n) is 15.9. The second-order valence-electron chi connectivity index (χ2n) is 6.97. The Morgan fingerprint density at radius 3 is 2.36 bits per heavy atom. The predicted octanol–water partition coefficient (Wildman–Crippen LogP) is 4.79. The SMILES string of the molecule is COC(=O)C(C)c1ccc(N2Cc3ccc(-c4ccccc4)cc3C2=O)cc1. The summed E-state index contributed by atoms with van der Waals surface area (Å²) in [6.07, 6.45) is 0. The van der Waals surface area contributed by atoms with Gasteiger partial charge in [0.05, 0.1) is 19.6 Å². The van der Waals surface area contributed by atoms with Crippen LogP contribution in [0.2, 0.25) is 0 Å². The van der Waals surface area contributed by atoms with Crippen molar-refractivity contribution in [2.45, 2.75) is 19.4 Å². The molecule has 140 valence electrons. The Bertz CT molecular complexity index is 1030. The molecule has 1 atom stereocenters. The molecule has 0 aromatic heterocycles. The van der Waals surface area contributed by atoms with E-state index in [0.29, 0.717) is 6.54 Å². The number of hydrogen-bond acceptors (Lipinski definition) is 3. The molecule has 1 heterocycles. The highest BCUT2D eigenvalue weighted by Crippen LogP contribution is 2.32. The highest BCUT2D eigenvalue weighted by atomic mass is 16.5. The van der Waals surface area contributed by atoms with Gasteiger partial charge in [-0.1, -0.05) is 54.6 Å². The molecule has 1 aliphatic heterocycles. The summed E-state index contributed by atoms with van der Waals surface area (Å²) >= 11 is 0. The number of carbonyl (C=O) groups is 2. The van der Waals surface area contributed by atoms with Crippen LogP contribution in [0.4, 0.5) is 5.69 Å². The van der Waals surface area contributed by atoms with Gasteiger partial charge in [0.1, 0.15) is 0 Å². The summed E-state index contributed by atoms with van der Waals surface area (Å²) in [4.78, 5) is 26.5. The standard InChI is InChI=1S/C24H21NO3/c1-16(24(27)28-2)17-10-12-21(13-11-17)25-15-20-9-8-19(14-22(20)23(25)26)18-6-4-3-5-7-18/h3-14,16H,15H2,1-2H3. The van der Waals surface area contributed by atoms with Crippen LogP contribution in [0.5, 0.6) is 0 Å². The number of amides is 1. The molecular weight excluding hydrogens is 350 g/mol. The van der Waals surface area contributed by atoms with Gasteiger partial charge in [0.15, 0.2) is 0 Å². The molecule has 3 aromatic rings. The van der Waals surface area contributed by atoms with Gasteiger partial charge >= 0.3 is 5.97 Å². The van der Waals surface area contributed by atoms with Crippen molar-refractivity contribution < 1.29 is 14.3 Å². The molecule has 0 radical (unpaired) electrons. The van der Waals surface area contributed by atoms with Crippen LogP contribution in [0.15, 0.2) is 72.8 Å². The van der Waals surface area contributed by atoms with Gasteiger partial charge < -0.3 is 9.64 Å². The molecule has 0 bridgehead atoms. The Labute approximate surface area is 164 Å². The molecule has 0 fully saturated rings. The van der Waals surface area contributed by atoms with Crippen molar-refractivity contribution in [2.75, 3.05) is 12.0 Å². The maximum atomic E-state index is 13.0. The van der Waals surface area contributed by atoms with Crippen LogP contribution < -0.4 is 4.90 Å². The van der Waals surface area contributed by atoms with E-state index in [1.807, 2.05) is 73.7 Å². The molecule has 0 N–H and O–H groups in total. The Balaban J connectivity index is 1.59. The molecule has 4 nitrogen and oxygen atoms in total. The van der Waals surface area contributed by atoms with Crippen molar-refractivity contribution in [3.05, 3.63) is 89.5 Å². The summed E-state index contributed by atoms with van der Waals surface area (Å²) in [6.45, 7) is 2.36. The number of anilines is 1. The van der Waals surface area contributed by atoms with E-state index < -0.39 is 0 Å². The van der Waals surface area contributed by atoms with Gasteiger partial charge in [-0.25, -0.2) is 0 Å². The van der Waals surface area contributed by atoms with Crippen LogP contribution in [-0.2, 0) is 16.1 Å². The number of esters is 1. The first kappa shape index (κ1) is 18.0. The monoisotopic (exact) mass is 371 g/mol.